The molecule has 2 aromatic heterocycles. The fraction of sp³-hybridized carbons (Fsp3) is 0.250. The Bertz CT molecular complexity index is 580. The summed E-state index contributed by atoms with van der Waals surface area (Å²) in [5, 5.41) is 12.5. The summed E-state index contributed by atoms with van der Waals surface area (Å²) in [5.74, 6) is -0.359. The number of aromatic nitrogens is 2. The van der Waals surface area contributed by atoms with E-state index < -0.39 is 0 Å². The van der Waals surface area contributed by atoms with Crippen LogP contribution in [-0.2, 0) is 6.42 Å². The molecule has 2 N–H and O–H groups in total. The van der Waals surface area contributed by atoms with Crippen molar-refractivity contribution in [1.29, 1.82) is 0 Å². The van der Waals surface area contributed by atoms with Crippen LogP contribution < -0.4 is 5.32 Å². The van der Waals surface area contributed by atoms with Gasteiger partial charge in [0, 0.05) is 11.1 Å². The van der Waals surface area contributed by atoms with E-state index in [4.69, 9.17) is 0 Å². The molecule has 0 aliphatic rings. The van der Waals surface area contributed by atoms with Crippen LogP contribution >= 0.6 is 11.3 Å². The van der Waals surface area contributed by atoms with Gasteiger partial charge in [0.15, 0.2) is 5.13 Å². The second-order valence-corrected chi connectivity index (χ2v) is 4.96. The summed E-state index contributed by atoms with van der Waals surface area (Å²) in [5.41, 5.74) is 1.30. The molecule has 0 atom stereocenters. The van der Waals surface area contributed by atoms with Crippen LogP contribution in [0.1, 0.15) is 27.9 Å². The average Bonchev–Trinajstić information content (AvgIpc) is 2.69. The monoisotopic (exact) mass is 263 g/mol. The number of carbonyl (C=O) groups excluding carboxylic acids is 1. The predicted molar refractivity (Wildman–Crippen MR) is 70.1 cm³/mol. The first-order chi connectivity index (χ1) is 8.60. The van der Waals surface area contributed by atoms with E-state index in [-0.39, 0.29) is 11.7 Å². The molecule has 0 unspecified atom stereocenters. The molecule has 0 aliphatic heterocycles. The number of hydrogen-bond donors (Lipinski definition) is 2. The minimum Gasteiger partial charge on any atom is -0.506 e. The molecule has 0 aliphatic carbocycles. The highest BCUT2D eigenvalue weighted by Crippen LogP contribution is 2.23. The number of aromatic hydroxyl groups is 1. The number of amides is 1. The number of anilines is 1. The maximum absolute atomic E-state index is 11.9. The number of nitrogens with one attached hydrogen (secondary N) is 1. The highest BCUT2D eigenvalue weighted by molar-refractivity contribution is 7.15. The number of nitrogens with zero attached hydrogens (tertiary/aromatic N) is 2. The summed E-state index contributed by atoms with van der Waals surface area (Å²) in [6.45, 7) is 3.99. The molecule has 0 aromatic carbocycles. The first-order valence-corrected chi connectivity index (χ1v) is 6.33. The lowest BCUT2D eigenvalue weighted by Crippen LogP contribution is -2.11. The Morgan fingerprint density at radius 3 is 2.89 bits per heavy atom. The molecular weight excluding hydrogens is 250 g/mol. The van der Waals surface area contributed by atoms with Crippen LogP contribution in [-0.4, -0.2) is 21.0 Å². The Balaban J connectivity index is 2.16. The molecule has 0 saturated heterocycles. The van der Waals surface area contributed by atoms with Crippen LogP contribution in [0.3, 0.4) is 0 Å². The highest BCUT2D eigenvalue weighted by atomic mass is 32.1. The van der Waals surface area contributed by atoms with E-state index in [1.54, 1.807) is 0 Å². The lowest BCUT2D eigenvalue weighted by Gasteiger charge is -2.01. The summed E-state index contributed by atoms with van der Waals surface area (Å²) in [6, 6.07) is 1.36. The van der Waals surface area contributed by atoms with Gasteiger partial charge in [0.1, 0.15) is 5.75 Å². The van der Waals surface area contributed by atoms with Crippen molar-refractivity contribution in [2.24, 2.45) is 0 Å². The maximum Gasteiger partial charge on any atom is 0.259 e. The normalized spacial score (nSPS) is 10.3. The Morgan fingerprint density at radius 1 is 1.50 bits per heavy atom. The van der Waals surface area contributed by atoms with Gasteiger partial charge in [-0.25, -0.2) is 4.98 Å². The van der Waals surface area contributed by atoms with Crippen molar-refractivity contribution < 1.29 is 9.90 Å². The fourth-order valence-corrected chi connectivity index (χ4v) is 2.43. The van der Waals surface area contributed by atoms with E-state index in [9.17, 15) is 9.90 Å². The molecule has 2 rings (SSSR count). The number of pyridine rings is 1. The van der Waals surface area contributed by atoms with E-state index in [1.807, 2.05) is 13.8 Å². The SMILES string of the molecule is CCc1nc(NC(=O)c2cncc(O)c2)sc1C. The predicted octanol–water partition coefficient (Wildman–Crippen LogP) is 2.37. The van der Waals surface area contributed by atoms with Crippen LogP contribution in [0.25, 0.3) is 0 Å². The number of hydrogen-bond acceptors (Lipinski definition) is 5. The largest absolute Gasteiger partial charge is 0.506 e. The van der Waals surface area contributed by atoms with Gasteiger partial charge in [-0.05, 0) is 19.4 Å². The van der Waals surface area contributed by atoms with Crippen LogP contribution in [0.5, 0.6) is 5.75 Å². The van der Waals surface area contributed by atoms with Gasteiger partial charge in [0.2, 0.25) is 0 Å². The summed E-state index contributed by atoms with van der Waals surface area (Å²) < 4.78 is 0. The van der Waals surface area contributed by atoms with Gasteiger partial charge in [-0.2, -0.15) is 0 Å². The van der Waals surface area contributed by atoms with Crippen molar-refractivity contribution in [3.8, 4) is 5.75 Å². The topological polar surface area (TPSA) is 75.1 Å². The molecule has 0 radical (unpaired) electrons. The summed E-state index contributed by atoms with van der Waals surface area (Å²) in [7, 11) is 0. The lowest BCUT2D eigenvalue weighted by molar-refractivity contribution is 0.102. The van der Waals surface area contributed by atoms with Gasteiger partial charge in [-0.3, -0.25) is 15.1 Å². The quantitative estimate of drug-likeness (QED) is 0.891. The Morgan fingerprint density at radius 2 is 2.28 bits per heavy atom. The summed E-state index contributed by atoms with van der Waals surface area (Å²) in [6.07, 6.45) is 3.52. The lowest BCUT2D eigenvalue weighted by atomic mass is 10.2. The number of thiazole rings is 1. The second kappa shape index (κ2) is 5.14. The van der Waals surface area contributed by atoms with E-state index in [0.717, 1.165) is 17.0 Å². The molecule has 5 nitrogen and oxygen atoms in total. The summed E-state index contributed by atoms with van der Waals surface area (Å²) >= 11 is 1.44. The third-order valence-electron chi connectivity index (χ3n) is 2.43. The molecule has 94 valence electrons. The van der Waals surface area contributed by atoms with E-state index in [0.29, 0.717) is 10.7 Å². The summed E-state index contributed by atoms with van der Waals surface area (Å²) in [4.78, 5) is 21.1. The van der Waals surface area contributed by atoms with Crippen molar-refractivity contribution in [2.45, 2.75) is 20.3 Å². The molecule has 18 heavy (non-hydrogen) atoms. The average molecular weight is 263 g/mol. The fourth-order valence-electron chi connectivity index (χ4n) is 1.53. The van der Waals surface area contributed by atoms with Crippen molar-refractivity contribution in [2.75, 3.05) is 5.32 Å². The number of aryl methyl sites for hydroxylation is 2. The van der Waals surface area contributed by atoms with Gasteiger partial charge < -0.3 is 5.11 Å². The number of carbonyl (C=O) groups is 1. The molecule has 2 aromatic rings. The van der Waals surface area contributed by atoms with Gasteiger partial charge in [0.25, 0.3) is 5.91 Å². The van der Waals surface area contributed by atoms with Crippen molar-refractivity contribution in [1.82, 2.24) is 9.97 Å². The molecule has 2 heterocycles. The first kappa shape index (κ1) is 12.5. The van der Waals surface area contributed by atoms with Gasteiger partial charge in [-0.1, -0.05) is 6.92 Å². The van der Waals surface area contributed by atoms with E-state index >= 15 is 0 Å². The molecule has 0 fully saturated rings. The smallest absolute Gasteiger partial charge is 0.259 e. The third kappa shape index (κ3) is 2.65. The van der Waals surface area contributed by atoms with E-state index in [2.05, 4.69) is 15.3 Å². The van der Waals surface area contributed by atoms with Crippen molar-refractivity contribution in [3.63, 3.8) is 0 Å². The highest BCUT2D eigenvalue weighted by Gasteiger charge is 2.11. The Kier molecular flexibility index (Phi) is 3.57. The Hall–Kier alpha value is -1.95. The zero-order chi connectivity index (χ0) is 13.1. The van der Waals surface area contributed by atoms with Crippen LogP contribution in [0.4, 0.5) is 5.13 Å². The van der Waals surface area contributed by atoms with Gasteiger partial charge in [-0.15, -0.1) is 11.3 Å². The minimum absolute atomic E-state index is 0.0350. The molecular formula is C12H13N3O2S. The zero-order valence-corrected chi connectivity index (χ0v) is 10.9. The second-order valence-electron chi connectivity index (χ2n) is 3.76. The van der Waals surface area contributed by atoms with Crippen molar-refractivity contribution >= 4 is 22.4 Å². The molecule has 0 bridgehead atoms. The van der Waals surface area contributed by atoms with Crippen LogP contribution in [0.2, 0.25) is 0 Å². The van der Waals surface area contributed by atoms with Crippen LogP contribution in [0, 0.1) is 6.92 Å². The van der Waals surface area contributed by atoms with Crippen LogP contribution in [0.15, 0.2) is 18.5 Å². The molecule has 0 saturated carbocycles. The van der Waals surface area contributed by atoms with Gasteiger partial charge >= 0.3 is 0 Å². The van der Waals surface area contributed by atoms with Crippen molar-refractivity contribution in [3.05, 3.63) is 34.6 Å². The zero-order valence-electron chi connectivity index (χ0n) is 10.1. The maximum atomic E-state index is 11.9. The standard InChI is InChI=1S/C12H13N3O2S/c1-3-10-7(2)18-12(14-10)15-11(17)8-4-9(16)6-13-5-8/h4-6,16H,3H2,1-2H3,(H,14,15,17). The van der Waals surface area contributed by atoms with Gasteiger partial charge in [0.05, 0.1) is 17.5 Å². The Labute approximate surface area is 109 Å². The molecule has 6 heteroatoms. The number of rotatable bonds is 3. The minimum atomic E-state index is -0.324. The molecule has 0 spiro atoms. The van der Waals surface area contributed by atoms with E-state index in [1.165, 1.54) is 29.8 Å². The molecule has 1 amide bonds. The first-order valence-electron chi connectivity index (χ1n) is 5.51. The third-order valence-corrected chi connectivity index (χ3v) is 3.36.